The summed E-state index contributed by atoms with van der Waals surface area (Å²) in [6, 6.07) is 3.31. The SMILES string of the molecule is O=C(NC1CC1)C(O)[C@H](C[C@@H]1CC2(CC2)NC1=O)NC(=O)[C@@H]1[C@H]2CCC[C@H]2CN1C(=O)c1cc2c(Cl)cc(Cl)cc2[nH]1. The number of aliphatic hydroxyl groups is 1. The number of benzene rings is 1. The van der Waals surface area contributed by atoms with Crippen molar-refractivity contribution in [3.63, 3.8) is 0 Å². The molecule has 2 saturated heterocycles. The second kappa shape index (κ2) is 10.4. The Morgan fingerprint density at radius 1 is 1.12 bits per heavy atom. The summed E-state index contributed by atoms with van der Waals surface area (Å²) >= 11 is 12.5. The molecule has 224 valence electrons. The Morgan fingerprint density at radius 2 is 1.90 bits per heavy atom. The topological polar surface area (TPSA) is 144 Å². The Kier molecular flexibility index (Phi) is 6.94. The summed E-state index contributed by atoms with van der Waals surface area (Å²) in [5, 5.41) is 21.5. The number of carbonyl (C=O) groups excluding carboxylic acids is 4. The number of hydrogen-bond donors (Lipinski definition) is 5. The van der Waals surface area contributed by atoms with Crippen molar-refractivity contribution < 1.29 is 24.3 Å². The van der Waals surface area contributed by atoms with Crippen molar-refractivity contribution in [1.82, 2.24) is 25.8 Å². The zero-order valence-electron chi connectivity index (χ0n) is 23.1. The largest absolute Gasteiger partial charge is 0.381 e. The average molecular weight is 617 g/mol. The Balaban J connectivity index is 1.14. The normalized spacial score (nSPS) is 28.9. The molecule has 2 aliphatic heterocycles. The molecule has 1 unspecified atom stereocenters. The number of nitrogens with zero attached hydrogens (tertiary/aromatic N) is 1. The smallest absolute Gasteiger partial charge is 0.271 e. The van der Waals surface area contributed by atoms with Crippen LogP contribution in [-0.4, -0.2) is 74.9 Å². The van der Waals surface area contributed by atoms with E-state index >= 15 is 0 Å². The van der Waals surface area contributed by atoms with Crippen molar-refractivity contribution in [3.8, 4) is 0 Å². The number of H-pyrrole nitrogens is 1. The molecule has 4 amide bonds. The lowest BCUT2D eigenvalue weighted by Crippen LogP contribution is -2.57. The van der Waals surface area contributed by atoms with Crippen molar-refractivity contribution in [2.75, 3.05) is 6.54 Å². The molecule has 3 saturated carbocycles. The average Bonchev–Trinajstić information content (AvgIpc) is 3.68. The molecule has 1 aromatic heterocycles. The minimum absolute atomic E-state index is 0.0287. The van der Waals surface area contributed by atoms with Crippen LogP contribution in [0.2, 0.25) is 10.0 Å². The van der Waals surface area contributed by atoms with E-state index in [0.29, 0.717) is 39.6 Å². The Labute approximate surface area is 253 Å². The van der Waals surface area contributed by atoms with Gasteiger partial charge in [0.1, 0.15) is 11.7 Å². The first-order valence-corrected chi connectivity index (χ1v) is 15.8. The summed E-state index contributed by atoms with van der Waals surface area (Å²) in [6.45, 7) is 0.439. The molecule has 7 rings (SSSR count). The molecule has 5 N–H and O–H groups in total. The van der Waals surface area contributed by atoms with Crippen molar-refractivity contribution in [2.45, 2.75) is 87.6 Å². The van der Waals surface area contributed by atoms with Gasteiger partial charge in [0.05, 0.1) is 11.1 Å². The first kappa shape index (κ1) is 28.0. The number of amides is 4. The number of nitrogens with one attached hydrogen (secondary N) is 4. The van der Waals surface area contributed by atoms with Crippen LogP contribution in [0.5, 0.6) is 0 Å². The molecule has 3 aliphatic carbocycles. The Bertz CT molecular complexity index is 1470. The lowest BCUT2D eigenvalue weighted by atomic mass is 9.90. The van der Waals surface area contributed by atoms with Gasteiger partial charge in [0, 0.05) is 40.0 Å². The number of carbonyl (C=O) groups is 4. The molecular formula is C30H35Cl2N5O5. The van der Waals surface area contributed by atoms with Crippen LogP contribution in [0.1, 0.15) is 68.3 Å². The second-order valence-electron chi connectivity index (χ2n) is 13.0. The van der Waals surface area contributed by atoms with Crippen LogP contribution in [0.4, 0.5) is 0 Å². The van der Waals surface area contributed by atoms with Crippen LogP contribution in [0.15, 0.2) is 18.2 Å². The number of aliphatic hydroxyl groups excluding tert-OH is 1. The molecule has 5 fully saturated rings. The number of likely N-dealkylation sites (tertiary alicyclic amines) is 1. The fourth-order valence-electron chi connectivity index (χ4n) is 7.47. The fourth-order valence-corrected chi connectivity index (χ4v) is 8.02. The second-order valence-corrected chi connectivity index (χ2v) is 13.9. The quantitative estimate of drug-likeness (QED) is 0.310. The zero-order valence-corrected chi connectivity index (χ0v) is 24.6. The summed E-state index contributed by atoms with van der Waals surface area (Å²) in [6.07, 6.45) is 5.53. The number of aromatic amines is 1. The first-order chi connectivity index (χ1) is 20.1. The number of hydrogen-bond acceptors (Lipinski definition) is 5. The highest BCUT2D eigenvalue weighted by molar-refractivity contribution is 6.38. The van der Waals surface area contributed by atoms with Crippen LogP contribution in [0, 0.1) is 17.8 Å². The molecule has 6 atom stereocenters. The zero-order chi connectivity index (χ0) is 29.3. The van der Waals surface area contributed by atoms with Gasteiger partial charge < -0.3 is 30.9 Å². The first-order valence-electron chi connectivity index (χ1n) is 15.0. The van der Waals surface area contributed by atoms with Gasteiger partial charge in [0.15, 0.2) is 6.10 Å². The molecule has 10 nitrogen and oxygen atoms in total. The molecule has 12 heteroatoms. The van der Waals surface area contributed by atoms with E-state index < -0.39 is 35.9 Å². The summed E-state index contributed by atoms with van der Waals surface area (Å²) in [5.74, 6) is -1.63. The van der Waals surface area contributed by atoms with E-state index in [9.17, 15) is 24.3 Å². The van der Waals surface area contributed by atoms with E-state index in [1.807, 2.05) is 0 Å². The van der Waals surface area contributed by atoms with Crippen molar-refractivity contribution in [1.29, 1.82) is 0 Å². The maximum atomic E-state index is 14.1. The van der Waals surface area contributed by atoms with E-state index in [-0.39, 0.29) is 41.7 Å². The van der Waals surface area contributed by atoms with Gasteiger partial charge >= 0.3 is 0 Å². The summed E-state index contributed by atoms with van der Waals surface area (Å²) in [4.78, 5) is 58.4. The van der Waals surface area contributed by atoms with Gasteiger partial charge in [0.25, 0.3) is 11.8 Å². The predicted octanol–water partition coefficient (Wildman–Crippen LogP) is 2.90. The molecule has 1 spiro atoms. The van der Waals surface area contributed by atoms with E-state index in [1.165, 1.54) is 0 Å². The minimum atomic E-state index is -1.51. The van der Waals surface area contributed by atoms with Gasteiger partial charge in [-0.1, -0.05) is 29.6 Å². The summed E-state index contributed by atoms with van der Waals surface area (Å²) in [5.41, 5.74) is 0.768. The van der Waals surface area contributed by atoms with Gasteiger partial charge in [-0.3, -0.25) is 19.2 Å². The molecule has 3 heterocycles. The van der Waals surface area contributed by atoms with E-state index in [1.54, 1.807) is 23.1 Å². The third kappa shape index (κ3) is 5.15. The monoisotopic (exact) mass is 615 g/mol. The van der Waals surface area contributed by atoms with Crippen LogP contribution in [0.3, 0.4) is 0 Å². The highest BCUT2D eigenvalue weighted by atomic mass is 35.5. The molecule has 5 aliphatic rings. The maximum Gasteiger partial charge on any atom is 0.271 e. The van der Waals surface area contributed by atoms with Gasteiger partial charge in [-0.2, -0.15) is 0 Å². The van der Waals surface area contributed by atoms with Gasteiger partial charge in [0.2, 0.25) is 11.8 Å². The number of fused-ring (bicyclic) bond motifs is 2. The third-order valence-corrected chi connectivity index (χ3v) is 10.5. The van der Waals surface area contributed by atoms with Crippen LogP contribution in [-0.2, 0) is 14.4 Å². The molecule has 2 aromatic rings. The lowest BCUT2D eigenvalue weighted by molar-refractivity contribution is -0.135. The molecule has 0 bridgehead atoms. The Hall–Kier alpha value is -2.82. The minimum Gasteiger partial charge on any atom is -0.381 e. The highest BCUT2D eigenvalue weighted by Gasteiger charge is 2.54. The van der Waals surface area contributed by atoms with Crippen LogP contribution < -0.4 is 16.0 Å². The summed E-state index contributed by atoms with van der Waals surface area (Å²) < 4.78 is 0. The molecule has 1 aromatic carbocycles. The molecule has 42 heavy (non-hydrogen) atoms. The van der Waals surface area contributed by atoms with Gasteiger partial charge in [-0.25, -0.2) is 0 Å². The van der Waals surface area contributed by atoms with Crippen LogP contribution in [0.25, 0.3) is 10.9 Å². The van der Waals surface area contributed by atoms with Crippen molar-refractivity contribution in [3.05, 3.63) is 33.9 Å². The highest BCUT2D eigenvalue weighted by Crippen LogP contribution is 2.47. The van der Waals surface area contributed by atoms with Crippen LogP contribution >= 0.6 is 23.2 Å². The van der Waals surface area contributed by atoms with Crippen molar-refractivity contribution in [2.24, 2.45) is 17.8 Å². The van der Waals surface area contributed by atoms with E-state index in [4.69, 9.17) is 23.2 Å². The molecular weight excluding hydrogens is 581 g/mol. The lowest BCUT2D eigenvalue weighted by Gasteiger charge is -2.31. The third-order valence-electron chi connectivity index (χ3n) is 9.99. The van der Waals surface area contributed by atoms with Gasteiger partial charge in [-0.05, 0) is 81.4 Å². The molecule has 0 radical (unpaired) electrons. The maximum absolute atomic E-state index is 14.1. The fraction of sp³-hybridized carbons (Fsp3) is 0.600. The summed E-state index contributed by atoms with van der Waals surface area (Å²) in [7, 11) is 0. The predicted molar refractivity (Wildman–Crippen MR) is 156 cm³/mol. The standard InChI is InChI=1S/C30H35Cl2N5O5/c31-16-9-20(32)19-11-23(34-21(19)10-16)29(42)37-13-14-2-1-3-18(14)24(37)27(40)35-22(25(38)28(41)33-17-4-5-17)8-15-12-30(6-7-30)36-26(15)39/h9-11,14-15,17-18,22,24-25,34,38H,1-8,12-13H2,(H,33,41)(H,35,40)(H,36,39)/t14-,15+,18-,22-,24-,25?/m0/s1. The number of aromatic nitrogens is 1. The van der Waals surface area contributed by atoms with Gasteiger partial charge in [-0.15, -0.1) is 0 Å². The van der Waals surface area contributed by atoms with Crippen molar-refractivity contribution >= 4 is 57.7 Å². The van der Waals surface area contributed by atoms with E-state index in [0.717, 1.165) is 44.9 Å². The number of rotatable bonds is 8. The van der Waals surface area contributed by atoms with E-state index in [2.05, 4.69) is 20.9 Å². The Morgan fingerprint density at radius 3 is 2.62 bits per heavy atom. The number of halogens is 2.